The molecule has 1 amide bonds. The molecule has 218 valence electrons. The number of para-hydroxylation sites is 1. The van der Waals surface area contributed by atoms with Gasteiger partial charge in [0.05, 0.1) is 16.0 Å². The van der Waals surface area contributed by atoms with Crippen LogP contribution in [-0.2, 0) is 32.5 Å². The molecule has 0 fully saturated rings. The Hall–Kier alpha value is -4.42. The summed E-state index contributed by atoms with van der Waals surface area (Å²) >= 11 is 0. The van der Waals surface area contributed by atoms with Gasteiger partial charge in [-0.05, 0) is 64.1 Å². The van der Waals surface area contributed by atoms with Crippen LogP contribution in [0.2, 0.25) is 0 Å². The molecule has 2 N–H and O–H groups in total. The maximum Gasteiger partial charge on any atom is 0.339 e. The molecule has 2 aromatic heterocycles. The van der Waals surface area contributed by atoms with E-state index < -0.39 is 28.5 Å². The van der Waals surface area contributed by atoms with E-state index in [1.54, 1.807) is 19.9 Å². The molecule has 0 unspecified atom stereocenters. The zero-order chi connectivity index (χ0) is 30.0. The predicted octanol–water partition coefficient (Wildman–Crippen LogP) is 4.00. The highest BCUT2D eigenvalue weighted by Crippen LogP contribution is 2.29. The van der Waals surface area contributed by atoms with Gasteiger partial charge in [0.15, 0.2) is 6.61 Å². The smallest absolute Gasteiger partial charge is 0.339 e. The fraction of sp³-hybridized carbons (Fsp3) is 0.300. The first-order valence-electron chi connectivity index (χ1n) is 13.6. The number of hydrogen-bond donors (Lipinski definition) is 2. The molecule has 1 aliphatic rings. The molecule has 0 saturated carbocycles. The van der Waals surface area contributed by atoms with Crippen LogP contribution in [0.1, 0.15) is 46.9 Å². The molecule has 0 atom stereocenters. The van der Waals surface area contributed by atoms with E-state index in [0.717, 1.165) is 24.2 Å². The Morgan fingerprint density at radius 3 is 2.38 bits per heavy atom. The third kappa shape index (κ3) is 6.39. The zero-order valence-electron chi connectivity index (χ0n) is 23.8. The van der Waals surface area contributed by atoms with E-state index in [9.17, 15) is 18.0 Å². The van der Waals surface area contributed by atoms with Crippen molar-refractivity contribution in [3.8, 4) is 0 Å². The van der Waals surface area contributed by atoms with Gasteiger partial charge in [-0.1, -0.05) is 18.2 Å². The molecule has 0 aliphatic carbocycles. The summed E-state index contributed by atoms with van der Waals surface area (Å²) in [4.78, 5) is 41.3. The molecule has 5 rings (SSSR count). The van der Waals surface area contributed by atoms with Crippen LogP contribution >= 0.6 is 0 Å². The maximum absolute atomic E-state index is 13.4. The number of aryl methyl sites for hydroxylation is 2. The molecule has 4 aromatic rings. The number of anilines is 2. The van der Waals surface area contributed by atoms with E-state index >= 15 is 0 Å². The fourth-order valence-electron chi connectivity index (χ4n) is 4.95. The number of nitrogens with one attached hydrogen (secondary N) is 2. The van der Waals surface area contributed by atoms with E-state index in [2.05, 4.69) is 38.8 Å². The lowest BCUT2D eigenvalue weighted by Gasteiger charge is -2.32. The van der Waals surface area contributed by atoms with Crippen LogP contribution in [0.15, 0.2) is 59.5 Å². The molecule has 0 bridgehead atoms. The van der Waals surface area contributed by atoms with Crippen molar-refractivity contribution in [2.24, 2.45) is 0 Å². The molecule has 0 saturated heterocycles. The molecule has 0 radical (unpaired) electrons. The Morgan fingerprint density at radius 1 is 1.00 bits per heavy atom. The number of sulfonamides is 1. The molecule has 1 aliphatic heterocycles. The van der Waals surface area contributed by atoms with Crippen LogP contribution in [0.5, 0.6) is 0 Å². The van der Waals surface area contributed by atoms with Gasteiger partial charge < -0.3 is 10.1 Å². The number of benzene rings is 2. The molecule has 0 spiro atoms. The van der Waals surface area contributed by atoms with Gasteiger partial charge in [-0.25, -0.2) is 27.9 Å². The van der Waals surface area contributed by atoms with Crippen LogP contribution in [0, 0.1) is 13.8 Å². The van der Waals surface area contributed by atoms with Crippen molar-refractivity contribution in [1.29, 1.82) is 0 Å². The number of esters is 1. The van der Waals surface area contributed by atoms with E-state index in [1.165, 1.54) is 24.3 Å². The van der Waals surface area contributed by atoms with Gasteiger partial charge in [0.2, 0.25) is 5.95 Å². The Morgan fingerprint density at radius 2 is 1.69 bits per heavy atom. The Labute approximate surface area is 244 Å². The number of rotatable bonds is 8. The number of carbonyl (C=O) groups is 2. The van der Waals surface area contributed by atoms with Crippen LogP contribution in [0.25, 0.3) is 10.9 Å². The molecule has 42 heavy (non-hydrogen) atoms. The molecular weight excluding hydrogens is 556 g/mol. The number of ether oxygens (including phenoxy) is 1. The minimum atomic E-state index is -3.94. The highest BCUT2D eigenvalue weighted by molar-refractivity contribution is 7.92. The molecule has 2 aromatic carbocycles. The summed E-state index contributed by atoms with van der Waals surface area (Å²) in [6, 6.07) is 15.1. The van der Waals surface area contributed by atoms with E-state index in [0.29, 0.717) is 46.1 Å². The quantitative estimate of drug-likeness (QED) is 0.292. The van der Waals surface area contributed by atoms with Gasteiger partial charge in [-0.15, -0.1) is 0 Å². The number of hydrogen-bond acceptors (Lipinski definition) is 9. The Bertz CT molecular complexity index is 1750. The Balaban J connectivity index is 1.26. The van der Waals surface area contributed by atoms with Crippen molar-refractivity contribution in [3.05, 3.63) is 82.8 Å². The molecule has 3 heterocycles. The van der Waals surface area contributed by atoms with Gasteiger partial charge in [-0.3, -0.25) is 14.7 Å². The number of fused-ring (bicyclic) bond motifs is 2. The summed E-state index contributed by atoms with van der Waals surface area (Å²) in [6.45, 7) is 8.62. The van der Waals surface area contributed by atoms with Crippen LogP contribution < -0.4 is 10.0 Å². The largest absolute Gasteiger partial charge is 0.452 e. The first-order chi connectivity index (χ1) is 20.0. The van der Waals surface area contributed by atoms with Crippen molar-refractivity contribution < 1.29 is 22.7 Å². The monoisotopic (exact) mass is 588 g/mol. The normalized spacial score (nSPS) is 13.5. The molecule has 12 heteroatoms. The molecule has 11 nitrogen and oxygen atoms in total. The first kappa shape index (κ1) is 29.1. The third-order valence-corrected chi connectivity index (χ3v) is 8.35. The third-order valence-electron chi connectivity index (χ3n) is 7.00. The lowest BCUT2D eigenvalue weighted by atomic mass is 9.95. The Kier molecular flexibility index (Phi) is 8.19. The van der Waals surface area contributed by atoms with Gasteiger partial charge >= 0.3 is 5.97 Å². The standard InChI is InChI=1S/C30H32N6O5S/c1-18(2)36-14-13-26-24(16-36)28(23-7-5-6-8-25(23)34-26)29(38)41-17-27(37)33-21-9-11-22(12-10-21)42(39,40)35-30-31-19(3)15-20(4)32-30/h5-12,15,18H,13-14,16-17H2,1-4H3,(H,33,37)(H,31,32,35). The average Bonchev–Trinajstić information content (AvgIpc) is 2.93. The molecular formula is C30H32N6O5S. The summed E-state index contributed by atoms with van der Waals surface area (Å²) < 4.78 is 33.4. The second kappa shape index (κ2) is 11.8. The van der Waals surface area contributed by atoms with Gasteiger partial charge in [0, 0.05) is 59.3 Å². The van der Waals surface area contributed by atoms with Crippen molar-refractivity contribution in [2.75, 3.05) is 23.2 Å². The highest BCUT2D eigenvalue weighted by atomic mass is 32.2. The number of amides is 1. The van der Waals surface area contributed by atoms with E-state index in [4.69, 9.17) is 9.72 Å². The highest BCUT2D eigenvalue weighted by Gasteiger charge is 2.28. The van der Waals surface area contributed by atoms with Crippen LogP contribution in [0.3, 0.4) is 0 Å². The average molecular weight is 589 g/mol. The lowest BCUT2D eigenvalue weighted by molar-refractivity contribution is -0.119. The second-order valence-electron chi connectivity index (χ2n) is 10.5. The van der Waals surface area contributed by atoms with Gasteiger partial charge in [0.1, 0.15) is 0 Å². The summed E-state index contributed by atoms with van der Waals surface area (Å²) in [7, 11) is -3.94. The summed E-state index contributed by atoms with van der Waals surface area (Å²) in [5.74, 6) is -1.17. The summed E-state index contributed by atoms with van der Waals surface area (Å²) in [5.41, 5.74) is 4.45. The number of aromatic nitrogens is 3. The SMILES string of the molecule is Cc1cc(C)nc(NS(=O)(=O)c2ccc(NC(=O)COC(=O)c3c4c(nc5ccccc35)CCN(C(C)C)C4)cc2)n1. The summed E-state index contributed by atoms with van der Waals surface area (Å²) in [6.07, 6.45) is 0.720. The summed E-state index contributed by atoms with van der Waals surface area (Å²) in [5, 5.41) is 3.32. The van der Waals surface area contributed by atoms with Gasteiger partial charge in [0.25, 0.3) is 15.9 Å². The minimum absolute atomic E-state index is 0.0214. The van der Waals surface area contributed by atoms with Gasteiger partial charge in [-0.2, -0.15) is 0 Å². The predicted molar refractivity (Wildman–Crippen MR) is 159 cm³/mol. The first-order valence-corrected chi connectivity index (χ1v) is 15.0. The topological polar surface area (TPSA) is 143 Å². The number of nitrogens with zero attached hydrogens (tertiary/aromatic N) is 4. The second-order valence-corrected chi connectivity index (χ2v) is 12.2. The minimum Gasteiger partial charge on any atom is -0.452 e. The lowest BCUT2D eigenvalue weighted by Crippen LogP contribution is -2.37. The van der Waals surface area contributed by atoms with E-state index in [-0.39, 0.29) is 10.8 Å². The maximum atomic E-state index is 13.4. The number of carbonyl (C=O) groups excluding carboxylic acids is 2. The van der Waals surface area contributed by atoms with E-state index in [1.807, 2.05) is 24.3 Å². The zero-order valence-corrected chi connectivity index (χ0v) is 24.7. The van der Waals surface area contributed by atoms with Crippen molar-refractivity contribution >= 4 is 44.4 Å². The number of pyridine rings is 1. The fourth-order valence-corrected chi connectivity index (χ4v) is 5.90. The van der Waals surface area contributed by atoms with Crippen molar-refractivity contribution in [3.63, 3.8) is 0 Å². The van der Waals surface area contributed by atoms with Crippen LogP contribution in [-0.4, -0.2) is 59.3 Å². The van der Waals surface area contributed by atoms with Crippen LogP contribution in [0.4, 0.5) is 11.6 Å². The van der Waals surface area contributed by atoms with Crippen molar-refractivity contribution in [2.45, 2.75) is 51.6 Å². The van der Waals surface area contributed by atoms with Crippen molar-refractivity contribution in [1.82, 2.24) is 19.9 Å².